The first-order valence-corrected chi connectivity index (χ1v) is 7.65. The largest absolute Gasteiger partial charge is 0.472 e. The molecule has 0 aliphatic carbocycles. The molecular formula is C16H26N2O3. The molecule has 0 fully saturated rings. The van der Waals surface area contributed by atoms with Crippen molar-refractivity contribution >= 4 is 11.8 Å². The first-order chi connectivity index (χ1) is 10.0. The summed E-state index contributed by atoms with van der Waals surface area (Å²) in [5, 5.41) is 0. The van der Waals surface area contributed by atoms with Crippen molar-refractivity contribution in [3.63, 3.8) is 0 Å². The Hall–Kier alpha value is -1.78. The molecule has 1 heterocycles. The Morgan fingerprint density at radius 3 is 2.38 bits per heavy atom. The van der Waals surface area contributed by atoms with Crippen molar-refractivity contribution in [1.82, 2.24) is 9.80 Å². The van der Waals surface area contributed by atoms with Crippen LogP contribution in [0.4, 0.5) is 0 Å². The molecule has 1 aromatic heterocycles. The lowest BCUT2D eigenvalue weighted by Gasteiger charge is -2.29. The highest BCUT2D eigenvalue weighted by Gasteiger charge is 2.22. The lowest BCUT2D eigenvalue weighted by Crippen LogP contribution is -2.41. The van der Waals surface area contributed by atoms with E-state index in [4.69, 9.17) is 4.42 Å². The van der Waals surface area contributed by atoms with E-state index in [1.54, 1.807) is 15.9 Å². The van der Waals surface area contributed by atoms with Crippen molar-refractivity contribution in [3.8, 4) is 0 Å². The number of amides is 2. The van der Waals surface area contributed by atoms with Crippen LogP contribution in [0, 0.1) is 0 Å². The zero-order valence-corrected chi connectivity index (χ0v) is 13.5. The zero-order valence-electron chi connectivity index (χ0n) is 13.5. The summed E-state index contributed by atoms with van der Waals surface area (Å²) in [4.78, 5) is 28.1. The second kappa shape index (κ2) is 8.49. The van der Waals surface area contributed by atoms with Crippen LogP contribution in [0.5, 0.6) is 0 Å². The molecule has 1 aromatic rings. The molecule has 0 radical (unpaired) electrons. The summed E-state index contributed by atoms with van der Waals surface area (Å²) < 4.78 is 4.98. The van der Waals surface area contributed by atoms with Gasteiger partial charge < -0.3 is 14.2 Å². The number of furan rings is 1. The van der Waals surface area contributed by atoms with Crippen LogP contribution < -0.4 is 0 Å². The average molecular weight is 294 g/mol. The van der Waals surface area contributed by atoms with E-state index in [0.717, 1.165) is 6.42 Å². The van der Waals surface area contributed by atoms with Crippen LogP contribution in [0.1, 0.15) is 50.9 Å². The minimum absolute atomic E-state index is 0.0783. The summed E-state index contributed by atoms with van der Waals surface area (Å²) in [6, 6.07) is 1.75. The molecule has 1 atom stereocenters. The van der Waals surface area contributed by atoms with Gasteiger partial charge in [0.2, 0.25) is 5.91 Å². The van der Waals surface area contributed by atoms with Crippen LogP contribution in [0.3, 0.4) is 0 Å². The summed E-state index contributed by atoms with van der Waals surface area (Å²) in [7, 11) is 0. The van der Waals surface area contributed by atoms with Gasteiger partial charge in [0.15, 0.2) is 0 Å². The van der Waals surface area contributed by atoms with E-state index < -0.39 is 0 Å². The van der Waals surface area contributed by atoms with Crippen molar-refractivity contribution in [2.45, 2.75) is 46.6 Å². The van der Waals surface area contributed by atoms with Gasteiger partial charge in [-0.1, -0.05) is 6.92 Å². The van der Waals surface area contributed by atoms with Crippen molar-refractivity contribution < 1.29 is 14.0 Å². The van der Waals surface area contributed by atoms with Crippen molar-refractivity contribution in [2.75, 3.05) is 19.6 Å². The predicted molar refractivity (Wildman–Crippen MR) is 82.0 cm³/mol. The molecule has 0 saturated carbocycles. The predicted octanol–water partition coefficient (Wildman–Crippen LogP) is 2.78. The number of carbonyl (C=O) groups is 2. The highest BCUT2D eigenvalue weighted by atomic mass is 16.3. The summed E-state index contributed by atoms with van der Waals surface area (Å²) in [5.41, 5.74) is 0.533. The third-order valence-corrected chi connectivity index (χ3v) is 3.83. The van der Waals surface area contributed by atoms with Gasteiger partial charge in [-0.3, -0.25) is 9.59 Å². The van der Waals surface area contributed by atoms with Crippen LogP contribution in [0.25, 0.3) is 0 Å². The average Bonchev–Trinajstić information content (AvgIpc) is 3.02. The van der Waals surface area contributed by atoms with Crippen LogP contribution in [-0.4, -0.2) is 47.3 Å². The van der Waals surface area contributed by atoms with Crippen LogP contribution in [0.2, 0.25) is 0 Å². The molecule has 0 aliphatic heterocycles. The second-order valence-electron chi connectivity index (χ2n) is 5.08. The summed E-state index contributed by atoms with van der Waals surface area (Å²) in [5.74, 6) is 0.0127. The molecule has 2 amide bonds. The number of nitrogens with zero attached hydrogens (tertiary/aromatic N) is 2. The van der Waals surface area contributed by atoms with Crippen LogP contribution in [-0.2, 0) is 4.79 Å². The van der Waals surface area contributed by atoms with Crippen LogP contribution in [0.15, 0.2) is 23.0 Å². The fraction of sp³-hybridized carbons (Fsp3) is 0.625. The third kappa shape index (κ3) is 4.62. The molecule has 0 spiro atoms. The van der Waals surface area contributed by atoms with E-state index in [0.29, 0.717) is 31.6 Å². The van der Waals surface area contributed by atoms with Crippen molar-refractivity contribution in [2.24, 2.45) is 0 Å². The van der Waals surface area contributed by atoms with Gasteiger partial charge in [0, 0.05) is 32.1 Å². The topological polar surface area (TPSA) is 53.8 Å². The molecular weight excluding hydrogens is 268 g/mol. The van der Waals surface area contributed by atoms with Gasteiger partial charge in [-0.05, 0) is 33.3 Å². The zero-order chi connectivity index (χ0) is 15.8. The Morgan fingerprint density at radius 1 is 1.24 bits per heavy atom. The highest BCUT2D eigenvalue weighted by Crippen LogP contribution is 2.12. The smallest absolute Gasteiger partial charge is 0.257 e. The minimum atomic E-state index is -0.0783. The summed E-state index contributed by atoms with van der Waals surface area (Å²) in [6.45, 7) is 9.80. The third-order valence-electron chi connectivity index (χ3n) is 3.83. The van der Waals surface area contributed by atoms with Gasteiger partial charge in [-0.15, -0.1) is 0 Å². The van der Waals surface area contributed by atoms with Gasteiger partial charge in [0.05, 0.1) is 11.8 Å². The van der Waals surface area contributed by atoms with E-state index in [2.05, 4.69) is 0 Å². The molecule has 21 heavy (non-hydrogen) atoms. The highest BCUT2D eigenvalue weighted by molar-refractivity contribution is 5.94. The Balaban J connectivity index is 2.71. The quantitative estimate of drug-likeness (QED) is 0.741. The molecule has 0 bridgehead atoms. The fourth-order valence-corrected chi connectivity index (χ4v) is 2.24. The monoisotopic (exact) mass is 294 g/mol. The van der Waals surface area contributed by atoms with Crippen molar-refractivity contribution in [1.29, 1.82) is 0 Å². The standard InChI is InChI=1S/C16H26N2O3/c1-5-13(4)18(16(20)14-9-11-21-12-14)10-8-15(19)17(6-2)7-3/h9,11-13H,5-8,10H2,1-4H3/t13-/m1/s1. The normalized spacial score (nSPS) is 12.0. The Bertz CT molecular complexity index is 438. The summed E-state index contributed by atoms with van der Waals surface area (Å²) >= 11 is 0. The first kappa shape index (κ1) is 17.3. The molecule has 118 valence electrons. The minimum Gasteiger partial charge on any atom is -0.472 e. The summed E-state index contributed by atoms with van der Waals surface area (Å²) in [6.07, 6.45) is 4.14. The lowest BCUT2D eigenvalue weighted by atomic mass is 10.1. The van der Waals surface area contributed by atoms with Crippen LogP contribution >= 0.6 is 0 Å². The Morgan fingerprint density at radius 2 is 1.90 bits per heavy atom. The molecule has 1 rings (SSSR count). The van der Waals surface area contributed by atoms with Gasteiger partial charge in [0.1, 0.15) is 6.26 Å². The van der Waals surface area contributed by atoms with E-state index in [9.17, 15) is 9.59 Å². The Kier molecular flexibility index (Phi) is 6.99. The van der Waals surface area contributed by atoms with E-state index in [-0.39, 0.29) is 17.9 Å². The molecule has 0 N–H and O–H groups in total. The maximum Gasteiger partial charge on any atom is 0.257 e. The fourth-order valence-electron chi connectivity index (χ4n) is 2.24. The number of hydrogen-bond acceptors (Lipinski definition) is 3. The first-order valence-electron chi connectivity index (χ1n) is 7.65. The Labute approximate surface area is 126 Å². The van der Waals surface area contributed by atoms with Gasteiger partial charge in [0.25, 0.3) is 5.91 Å². The van der Waals surface area contributed by atoms with Crippen molar-refractivity contribution in [3.05, 3.63) is 24.2 Å². The SMILES string of the molecule is CC[C@@H](C)N(CCC(=O)N(CC)CC)C(=O)c1ccoc1. The van der Waals surface area contributed by atoms with Gasteiger partial charge in [-0.2, -0.15) is 0 Å². The molecule has 5 heteroatoms. The molecule has 0 aromatic carbocycles. The number of hydrogen-bond donors (Lipinski definition) is 0. The molecule has 0 aliphatic rings. The molecule has 0 unspecified atom stereocenters. The number of carbonyl (C=O) groups excluding carboxylic acids is 2. The van der Waals surface area contributed by atoms with Gasteiger partial charge >= 0.3 is 0 Å². The molecule has 5 nitrogen and oxygen atoms in total. The van der Waals surface area contributed by atoms with E-state index >= 15 is 0 Å². The molecule has 0 saturated heterocycles. The van der Waals surface area contributed by atoms with Gasteiger partial charge in [-0.25, -0.2) is 0 Å². The lowest BCUT2D eigenvalue weighted by molar-refractivity contribution is -0.131. The number of rotatable bonds is 8. The maximum atomic E-state index is 12.5. The second-order valence-corrected chi connectivity index (χ2v) is 5.08. The van der Waals surface area contributed by atoms with E-state index in [1.807, 2.05) is 27.7 Å². The maximum absolute atomic E-state index is 12.5. The van der Waals surface area contributed by atoms with E-state index in [1.165, 1.54) is 12.5 Å².